The first kappa shape index (κ1) is 12.6. The predicted octanol–water partition coefficient (Wildman–Crippen LogP) is 3.72. The monoisotopic (exact) mass is 235 g/mol. The molecule has 17 heavy (non-hydrogen) atoms. The van der Waals surface area contributed by atoms with Gasteiger partial charge in [0.2, 0.25) is 0 Å². The average Bonchev–Trinajstić information content (AvgIpc) is 2.28. The molecule has 2 rings (SSSR count). The summed E-state index contributed by atoms with van der Waals surface area (Å²) >= 11 is 0. The number of nitrogens with zero attached hydrogens (tertiary/aromatic N) is 1. The highest BCUT2D eigenvalue weighted by atomic mass is 19.1. The van der Waals surface area contributed by atoms with Gasteiger partial charge in [-0.25, -0.2) is 4.39 Å². The highest BCUT2D eigenvalue weighted by Crippen LogP contribution is 2.26. The van der Waals surface area contributed by atoms with Crippen LogP contribution in [-0.2, 0) is 13.0 Å². The molecule has 1 aromatic rings. The van der Waals surface area contributed by atoms with E-state index in [-0.39, 0.29) is 11.7 Å². The van der Waals surface area contributed by atoms with Crippen LogP contribution in [0.15, 0.2) is 12.1 Å². The van der Waals surface area contributed by atoms with Crippen molar-refractivity contribution in [1.82, 2.24) is 4.90 Å². The second-order valence-electron chi connectivity index (χ2n) is 5.32. The van der Waals surface area contributed by atoms with Gasteiger partial charge in [0.1, 0.15) is 5.82 Å². The van der Waals surface area contributed by atoms with Gasteiger partial charge in [-0.05, 0) is 48.1 Å². The zero-order chi connectivity index (χ0) is 12.4. The van der Waals surface area contributed by atoms with Crippen molar-refractivity contribution in [2.24, 2.45) is 0 Å². The topological polar surface area (TPSA) is 3.24 Å². The van der Waals surface area contributed by atoms with E-state index in [1.54, 1.807) is 6.07 Å². The van der Waals surface area contributed by atoms with Crippen molar-refractivity contribution in [1.29, 1.82) is 0 Å². The summed E-state index contributed by atoms with van der Waals surface area (Å²) in [6.07, 6.45) is 2.18. The van der Waals surface area contributed by atoms with Crippen LogP contribution in [0, 0.1) is 5.82 Å². The molecule has 0 spiro atoms. The Morgan fingerprint density at radius 3 is 2.71 bits per heavy atom. The minimum absolute atomic E-state index is 0.0253. The third-order valence-corrected chi connectivity index (χ3v) is 3.57. The van der Waals surface area contributed by atoms with Crippen molar-refractivity contribution in [3.05, 3.63) is 34.6 Å². The zero-order valence-electron chi connectivity index (χ0n) is 11.1. The number of hydrogen-bond acceptors (Lipinski definition) is 1. The molecule has 0 amide bonds. The lowest BCUT2D eigenvalue weighted by Gasteiger charge is -2.29. The standard InChI is InChI=1S/C15H22FN/c1-4-6-17-7-5-12-9-15(16)14(11(2)3)8-13(12)10-17/h8-9,11H,4-7,10H2,1-3H3. The quantitative estimate of drug-likeness (QED) is 0.772. The smallest absolute Gasteiger partial charge is 0.126 e. The first-order valence-electron chi connectivity index (χ1n) is 6.65. The Kier molecular flexibility index (Phi) is 3.82. The Balaban J connectivity index is 2.27. The predicted molar refractivity (Wildman–Crippen MR) is 69.8 cm³/mol. The Labute approximate surface area is 104 Å². The maximum absolute atomic E-state index is 13.9. The van der Waals surface area contributed by atoms with E-state index in [9.17, 15) is 4.39 Å². The van der Waals surface area contributed by atoms with Gasteiger partial charge in [0.05, 0.1) is 0 Å². The summed E-state index contributed by atoms with van der Waals surface area (Å²) in [5, 5.41) is 0. The van der Waals surface area contributed by atoms with Crippen molar-refractivity contribution in [2.45, 2.75) is 46.1 Å². The molecular weight excluding hydrogens is 213 g/mol. The van der Waals surface area contributed by atoms with Crippen LogP contribution >= 0.6 is 0 Å². The van der Waals surface area contributed by atoms with Crippen LogP contribution in [0.25, 0.3) is 0 Å². The van der Waals surface area contributed by atoms with Crippen molar-refractivity contribution in [2.75, 3.05) is 13.1 Å². The van der Waals surface area contributed by atoms with Crippen LogP contribution in [0.2, 0.25) is 0 Å². The average molecular weight is 235 g/mol. The van der Waals surface area contributed by atoms with Crippen LogP contribution in [0.1, 0.15) is 49.8 Å². The van der Waals surface area contributed by atoms with Gasteiger partial charge in [0.15, 0.2) is 0 Å². The number of hydrogen-bond donors (Lipinski definition) is 0. The Bertz CT molecular complexity index is 398. The molecule has 1 heterocycles. The van der Waals surface area contributed by atoms with Crippen LogP contribution in [-0.4, -0.2) is 18.0 Å². The SMILES string of the molecule is CCCN1CCc2cc(F)c(C(C)C)cc2C1. The lowest BCUT2D eigenvalue weighted by Crippen LogP contribution is -2.31. The molecular formula is C15H22FN. The molecule has 0 bridgehead atoms. The van der Waals surface area contributed by atoms with Gasteiger partial charge < -0.3 is 0 Å². The Morgan fingerprint density at radius 1 is 1.29 bits per heavy atom. The minimum Gasteiger partial charge on any atom is -0.299 e. The van der Waals surface area contributed by atoms with Crippen LogP contribution in [0.5, 0.6) is 0 Å². The molecule has 1 nitrogen and oxygen atoms in total. The maximum Gasteiger partial charge on any atom is 0.126 e. The molecule has 94 valence electrons. The lowest BCUT2D eigenvalue weighted by molar-refractivity contribution is 0.254. The van der Waals surface area contributed by atoms with E-state index in [1.807, 2.05) is 0 Å². The third kappa shape index (κ3) is 2.68. The van der Waals surface area contributed by atoms with E-state index in [4.69, 9.17) is 0 Å². The summed E-state index contributed by atoms with van der Waals surface area (Å²) in [5.74, 6) is 0.240. The molecule has 0 saturated heterocycles. The van der Waals surface area contributed by atoms with Gasteiger partial charge in [0.25, 0.3) is 0 Å². The number of rotatable bonds is 3. The van der Waals surface area contributed by atoms with Crippen molar-refractivity contribution < 1.29 is 4.39 Å². The number of benzene rings is 1. The summed E-state index contributed by atoms with van der Waals surface area (Å²) in [6.45, 7) is 9.52. The summed E-state index contributed by atoms with van der Waals surface area (Å²) in [7, 11) is 0. The van der Waals surface area contributed by atoms with E-state index in [0.717, 1.165) is 31.6 Å². The summed E-state index contributed by atoms with van der Waals surface area (Å²) < 4.78 is 13.9. The fraction of sp³-hybridized carbons (Fsp3) is 0.600. The van der Waals surface area contributed by atoms with Gasteiger partial charge in [-0.2, -0.15) is 0 Å². The largest absolute Gasteiger partial charge is 0.299 e. The first-order chi connectivity index (χ1) is 8.11. The number of halogens is 1. The van der Waals surface area contributed by atoms with Crippen molar-refractivity contribution >= 4 is 0 Å². The fourth-order valence-electron chi connectivity index (χ4n) is 2.61. The molecule has 0 aromatic heterocycles. The Hall–Kier alpha value is -0.890. The zero-order valence-corrected chi connectivity index (χ0v) is 11.1. The van der Waals surface area contributed by atoms with Gasteiger partial charge >= 0.3 is 0 Å². The van der Waals surface area contributed by atoms with Crippen LogP contribution in [0.3, 0.4) is 0 Å². The van der Waals surface area contributed by atoms with Crippen LogP contribution in [0.4, 0.5) is 4.39 Å². The molecule has 0 atom stereocenters. The number of fused-ring (bicyclic) bond motifs is 1. The van der Waals surface area contributed by atoms with Gasteiger partial charge in [-0.1, -0.05) is 26.8 Å². The maximum atomic E-state index is 13.9. The van der Waals surface area contributed by atoms with Gasteiger partial charge in [0, 0.05) is 13.1 Å². The molecule has 2 heteroatoms. The fourth-order valence-corrected chi connectivity index (χ4v) is 2.61. The summed E-state index contributed by atoms with van der Waals surface area (Å²) in [4.78, 5) is 2.46. The second kappa shape index (κ2) is 5.18. The molecule has 0 fully saturated rings. The normalized spacial score (nSPS) is 16.3. The second-order valence-corrected chi connectivity index (χ2v) is 5.32. The van der Waals surface area contributed by atoms with Gasteiger partial charge in [-0.15, -0.1) is 0 Å². The molecule has 1 aromatic carbocycles. The minimum atomic E-state index is -0.0253. The summed E-state index contributed by atoms with van der Waals surface area (Å²) in [6, 6.07) is 3.84. The van der Waals surface area contributed by atoms with E-state index in [2.05, 4.69) is 31.7 Å². The molecule has 0 aliphatic carbocycles. The van der Waals surface area contributed by atoms with E-state index in [1.165, 1.54) is 17.5 Å². The van der Waals surface area contributed by atoms with Crippen LogP contribution < -0.4 is 0 Å². The van der Waals surface area contributed by atoms with E-state index in [0.29, 0.717) is 0 Å². The highest BCUT2D eigenvalue weighted by Gasteiger charge is 2.18. The molecule has 0 unspecified atom stereocenters. The summed E-state index contributed by atoms with van der Waals surface area (Å²) in [5.41, 5.74) is 3.40. The molecule has 1 aliphatic rings. The highest BCUT2D eigenvalue weighted by molar-refractivity contribution is 5.36. The lowest BCUT2D eigenvalue weighted by atomic mass is 9.93. The van der Waals surface area contributed by atoms with Gasteiger partial charge in [-0.3, -0.25) is 4.90 Å². The molecule has 0 N–H and O–H groups in total. The van der Waals surface area contributed by atoms with E-state index >= 15 is 0 Å². The van der Waals surface area contributed by atoms with E-state index < -0.39 is 0 Å². The van der Waals surface area contributed by atoms with Crippen molar-refractivity contribution in [3.8, 4) is 0 Å². The Morgan fingerprint density at radius 2 is 2.06 bits per heavy atom. The van der Waals surface area contributed by atoms with Crippen molar-refractivity contribution in [3.63, 3.8) is 0 Å². The molecule has 0 saturated carbocycles. The molecule has 0 radical (unpaired) electrons. The first-order valence-corrected chi connectivity index (χ1v) is 6.65. The molecule has 1 aliphatic heterocycles. The third-order valence-electron chi connectivity index (χ3n) is 3.57.